The van der Waals surface area contributed by atoms with E-state index >= 15 is 0 Å². The van der Waals surface area contributed by atoms with Gasteiger partial charge >= 0.3 is 0 Å². The van der Waals surface area contributed by atoms with Crippen LogP contribution < -0.4 is 9.47 Å². The molecule has 132 valence electrons. The monoisotopic (exact) mass is 352 g/mol. The van der Waals surface area contributed by atoms with E-state index < -0.39 is 0 Å². The minimum absolute atomic E-state index is 0.178. The molecule has 0 aliphatic heterocycles. The zero-order valence-corrected chi connectivity index (χ0v) is 14.9. The van der Waals surface area contributed by atoms with Gasteiger partial charge in [0, 0.05) is 0 Å². The zero-order valence-electron chi connectivity index (χ0n) is 14.9. The molecule has 0 amide bonds. The summed E-state index contributed by atoms with van der Waals surface area (Å²) in [5.41, 5.74) is 4.69. The van der Waals surface area contributed by atoms with Crippen molar-refractivity contribution in [3.63, 3.8) is 0 Å². The second kappa shape index (κ2) is 8.24. The van der Waals surface area contributed by atoms with Gasteiger partial charge in [0.05, 0.1) is 0 Å². The summed E-state index contributed by atoms with van der Waals surface area (Å²) < 4.78 is 11.3. The second-order valence-corrected chi connectivity index (χ2v) is 6.27. The quantitative estimate of drug-likeness (QED) is 0.583. The molecule has 0 N–H and O–H groups in total. The molecule has 2 aromatic carbocycles. The first-order valence-electron chi connectivity index (χ1n) is 8.94. The summed E-state index contributed by atoms with van der Waals surface area (Å²) in [7, 11) is 0. The summed E-state index contributed by atoms with van der Waals surface area (Å²) in [5, 5.41) is 0. The molecule has 0 bridgehead atoms. The Labute approximate surface area is 159 Å². The molecule has 0 unspecified atom stereocenters. The molecule has 2 aromatic rings. The van der Waals surface area contributed by atoms with E-state index in [0.29, 0.717) is 0 Å². The van der Waals surface area contributed by atoms with Crippen LogP contribution in [0.1, 0.15) is 11.1 Å². The van der Waals surface area contributed by atoms with Crippen molar-refractivity contribution >= 4 is 12.2 Å². The van der Waals surface area contributed by atoms with Gasteiger partial charge in [0.25, 0.3) is 0 Å². The van der Waals surface area contributed by atoms with Crippen LogP contribution in [0.2, 0.25) is 0 Å². The average molecular weight is 352 g/mol. The molecule has 4 rings (SSSR count). The highest BCUT2D eigenvalue weighted by Crippen LogP contribution is 2.19. The normalized spacial score (nSPS) is 14.1. The molecule has 0 fully saturated rings. The van der Waals surface area contributed by atoms with Gasteiger partial charge in [-0.05, 0) is 58.7 Å². The van der Waals surface area contributed by atoms with Crippen LogP contribution >= 0.6 is 0 Å². The van der Waals surface area contributed by atoms with E-state index in [4.69, 9.17) is 9.47 Å². The third kappa shape index (κ3) is 4.77. The molecule has 2 aliphatic carbocycles. The van der Waals surface area contributed by atoms with Gasteiger partial charge in [-0.3, -0.25) is 0 Å². The molecule has 0 saturated heterocycles. The van der Waals surface area contributed by atoms with Crippen molar-refractivity contribution in [3.8, 4) is 11.5 Å². The molecule has 0 atom stereocenters. The molecular formula is C25H20O2. The van der Waals surface area contributed by atoms with E-state index in [9.17, 15) is 0 Å². The minimum atomic E-state index is 0.178. The Bertz CT molecular complexity index is 856. The number of ether oxygens (including phenoxy) is 2. The average Bonchev–Trinajstić information content (AvgIpc) is 3.39. The Kier molecular flexibility index (Phi) is 5.16. The summed E-state index contributed by atoms with van der Waals surface area (Å²) in [6.07, 6.45) is 20.7. The fourth-order valence-electron chi connectivity index (χ4n) is 2.84. The van der Waals surface area contributed by atoms with Gasteiger partial charge in [-0.15, -0.1) is 0 Å². The highest BCUT2D eigenvalue weighted by atomic mass is 16.7. The Morgan fingerprint density at radius 3 is 1.26 bits per heavy atom. The molecule has 2 aliphatic rings. The van der Waals surface area contributed by atoms with Crippen LogP contribution in [-0.4, -0.2) is 6.79 Å². The third-order valence-electron chi connectivity index (χ3n) is 4.25. The van der Waals surface area contributed by atoms with Gasteiger partial charge in [-0.2, -0.15) is 0 Å². The van der Waals surface area contributed by atoms with Crippen molar-refractivity contribution in [2.24, 2.45) is 0 Å². The summed E-state index contributed by atoms with van der Waals surface area (Å²) in [6.45, 7) is 0.178. The van der Waals surface area contributed by atoms with Gasteiger partial charge in [-0.1, -0.05) is 72.9 Å². The lowest BCUT2D eigenvalue weighted by Crippen LogP contribution is -2.05. The summed E-state index contributed by atoms with van der Waals surface area (Å²) in [6, 6.07) is 16.0. The maximum atomic E-state index is 5.67. The van der Waals surface area contributed by atoms with Crippen molar-refractivity contribution in [1.82, 2.24) is 0 Å². The lowest BCUT2D eigenvalue weighted by Gasteiger charge is -2.09. The van der Waals surface area contributed by atoms with E-state index in [1.807, 2.05) is 72.8 Å². The Morgan fingerprint density at radius 1 is 0.519 bits per heavy atom. The zero-order chi connectivity index (χ0) is 18.3. The van der Waals surface area contributed by atoms with Crippen molar-refractivity contribution in [2.45, 2.75) is 0 Å². The number of allylic oxidation sites excluding steroid dienone is 10. The first-order valence-corrected chi connectivity index (χ1v) is 8.94. The lowest BCUT2D eigenvalue weighted by molar-refractivity contribution is 0.120. The highest BCUT2D eigenvalue weighted by Gasteiger charge is 1.99. The molecule has 0 saturated carbocycles. The maximum absolute atomic E-state index is 5.67. The van der Waals surface area contributed by atoms with Crippen LogP contribution in [0.25, 0.3) is 12.2 Å². The molecule has 2 heteroatoms. The van der Waals surface area contributed by atoms with Crippen LogP contribution in [0.5, 0.6) is 11.5 Å². The van der Waals surface area contributed by atoms with Crippen LogP contribution in [0.3, 0.4) is 0 Å². The standard InChI is InChI=1S/C25H20O2/c1-2-6-20(5-1)17-22-9-13-24(14-10-22)26-19-27-25-15-11-23(12-16-25)18-21-7-3-4-8-21/h1-18H,19H2. The molecule has 2 nitrogen and oxygen atoms in total. The second-order valence-electron chi connectivity index (χ2n) is 6.27. The summed E-state index contributed by atoms with van der Waals surface area (Å²) in [5.74, 6) is 1.58. The highest BCUT2D eigenvalue weighted by molar-refractivity contribution is 5.63. The molecular weight excluding hydrogens is 332 g/mol. The fourth-order valence-corrected chi connectivity index (χ4v) is 2.84. The number of rotatable bonds is 6. The Morgan fingerprint density at radius 2 is 0.889 bits per heavy atom. The largest absolute Gasteiger partial charge is 0.458 e. The van der Waals surface area contributed by atoms with Gasteiger partial charge < -0.3 is 9.47 Å². The SMILES string of the molecule is C1=CC(=Cc2ccc(OCOc3ccc(C=C4C=CC=C4)cc3)cc2)C=C1. The first kappa shape index (κ1) is 16.9. The van der Waals surface area contributed by atoms with Crippen molar-refractivity contribution in [1.29, 1.82) is 0 Å². The Balaban J connectivity index is 1.28. The van der Waals surface area contributed by atoms with Gasteiger partial charge in [-0.25, -0.2) is 0 Å². The van der Waals surface area contributed by atoms with E-state index in [0.717, 1.165) is 22.6 Å². The molecule has 27 heavy (non-hydrogen) atoms. The molecule has 0 aromatic heterocycles. The van der Waals surface area contributed by atoms with Gasteiger partial charge in [0.2, 0.25) is 6.79 Å². The maximum Gasteiger partial charge on any atom is 0.230 e. The van der Waals surface area contributed by atoms with Crippen LogP contribution in [0.4, 0.5) is 0 Å². The molecule has 0 heterocycles. The van der Waals surface area contributed by atoms with E-state index in [-0.39, 0.29) is 6.79 Å². The van der Waals surface area contributed by atoms with Gasteiger partial charge in [0.15, 0.2) is 0 Å². The first-order chi connectivity index (χ1) is 13.3. The smallest absolute Gasteiger partial charge is 0.230 e. The van der Waals surface area contributed by atoms with Crippen LogP contribution in [0.15, 0.2) is 108 Å². The van der Waals surface area contributed by atoms with Crippen molar-refractivity contribution < 1.29 is 9.47 Å². The van der Waals surface area contributed by atoms with Crippen LogP contribution in [0, 0.1) is 0 Å². The Hall–Kier alpha value is -3.52. The number of benzene rings is 2. The molecule has 0 radical (unpaired) electrons. The van der Waals surface area contributed by atoms with E-state index in [1.54, 1.807) is 0 Å². The van der Waals surface area contributed by atoms with Gasteiger partial charge in [0.1, 0.15) is 11.5 Å². The minimum Gasteiger partial charge on any atom is -0.458 e. The number of hydrogen-bond donors (Lipinski definition) is 0. The summed E-state index contributed by atoms with van der Waals surface area (Å²) >= 11 is 0. The van der Waals surface area contributed by atoms with E-state index in [2.05, 4.69) is 36.5 Å². The lowest BCUT2D eigenvalue weighted by atomic mass is 10.1. The van der Waals surface area contributed by atoms with E-state index in [1.165, 1.54) is 11.1 Å². The summed E-state index contributed by atoms with van der Waals surface area (Å²) in [4.78, 5) is 0. The van der Waals surface area contributed by atoms with Crippen molar-refractivity contribution in [2.75, 3.05) is 6.79 Å². The third-order valence-corrected chi connectivity index (χ3v) is 4.25. The topological polar surface area (TPSA) is 18.5 Å². The fraction of sp³-hybridized carbons (Fsp3) is 0.0400. The van der Waals surface area contributed by atoms with Crippen LogP contribution in [-0.2, 0) is 0 Å². The predicted molar refractivity (Wildman–Crippen MR) is 112 cm³/mol. The van der Waals surface area contributed by atoms with Crippen molar-refractivity contribution in [3.05, 3.63) is 119 Å². The number of hydrogen-bond acceptors (Lipinski definition) is 2. The predicted octanol–water partition coefficient (Wildman–Crippen LogP) is 6.12. The molecule has 0 spiro atoms.